The van der Waals surface area contributed by atoms with E-state index < -0.39 is 0 Å². The van der Waals surface area contributed by atoms with Crippen molar-refractivity contribution in [2.24, 2.45) is 0 Å². The van der Waals surface area contributed by atoms with Crippen molar-refractivity contribution >= 4 is 16.9 Å². The average Bonchev–Trinajstić information content (AvgIpc) is 2.34. The molecule has 2 rings (SSSR count). The predicted molar refractivity (Wildman–Crippen MR) is 76.3 cm³/mol. The highest BCUT2D eigenvalue weighted by molar-refractivity contribution is 5.87. The van der Waals surface area contributed by atoms with Crippen LogP contribution < -0.4 is 0 Å². The van der Waals surface area contributed by atoms with Crippen molar-refractivity contribution in [1.29, 1.82) is 0 Å². The zero-order valence-corrected chi connectivity index (χ0v) is 11.9. The number of aromatic nitrogens is 1. The molecule has 0 aliphatic carbocycles. The molecule has 0 bridgehead atoms. The van der Waals surface area contributed by atoms with Crippen LogP contribution in [0, 0.1) is 20.8 Å². The van der Waals surface area contributed by atoms with Gasteiger partial charge in [0.05, 0.1) is 12.6 Å². The van der Waals surface area contributed by atoms with Crippen LogP contribution in [-0.2, 0) is 16.0 Å². The first-order valence-corrected chi connectivity index (χ1v) is 6.45. The van der Waals surface area contributed by atoms with E-state index in [1.807, 2.05) is 6.92 Å². The Morgan fingerprint density at radius 3 is 2.63 bits per heavy atom. The molecule has 1 heterocycles. The van der Waals surface area contributed by atoms with Gasteiger partial charge in [0.15, 0.2) is 0 Å². The first-order valence-electron chi connectivity index (χ1n) is 6.45. The molecule has 1 aromatic carbocycles. The van der Waals surface area contributed by atoms with E-state index in [1.165, 1.54) is 29.2 Å². The smallest absolute Gasteiger partial charge is 0.305 e. The topological polar surface area (TPSA) is 39.2 Å². The van der Waals surface area contributed by atoms with Crippen LogP contribution in [0.2, 0.25) is 0 Å². The van der Waals surface area contributed by atoms with Crippen molar-refractivity contribution in [1.82, 2.24) is 4.98 Å². The van der Waals surface area contributed by atoms with Gasteiger partial charge in [-0.3, -0.25) is 9.78 Å². The van der Waals surface area contributed by atoms with E-state index in [2.05, 4.69) is 37.0 Å². The lowest BCUT2D eigenvalue weighted by molar-refractivity contribution is -0.140. The molecule has 3 nitrogen and oxygen atoms in total. The summed E-state index contributed by atoms with van der Waals surface area (Å²) in [5, 5.41) is 1.17. The van der Waals surface area contributed by atoms with E-state index >= 15 is 0 Å². The number of pyridine rings is 1. The maximum atomic E-state index is 11.3. The van der Waals surface area contributed by atoms with E-state index in [-0.39, 0.29) is 5.97 Å². The van der Waals surface area contributed by atoms with Gasteiger partial charge in [-0.2, -0.15) is 0 Å². The molecule has 0 unspecified atom stereocenters. The van der Waals surface area contributed by atoms with Crippen molar-refractivity contribution < 1.29 is 9.53 Å². The van der Waals surface area contributed by atoms with E-state index in [1.54, 1.807) is 0 Å². The molecule has 0 aliphatic rings. The molecule has 0 fully saturated rings. The third-order valence-corrected chi connectivity index (χ3v) is 3.29. The average molecular weight is 257 g/mol. The Labute approximate surface area is 113 Å². The maximum Gasteiger partial charge on any atom is 0.305 e. The summed E-state index contributed by atoms with van der Waals surface area (Å²) in [7, 11) is 1.42. The molecule has 19 heavy (non-hydrogen) atoms. The van der Waals surface area contributed by atoms with Crippen LogP contribution in [0.25, 0.3) is 10.9 Å². The number of hydrogen-bond acceptors (Lipinski definition) is 3. The second kappa shape index (κ2) is 5.39. The monoisotopic (exact) mass is 257 g/mol. The summed E-state index contributed by atoms with van der Waals surface area (Å²) in [5.41, 5.74) is 5.59. The lowest BCUT2D eigenvalue weighted by atomic mass is 9.98. The minimum atomic E-state index is -0.174. The van der Waals surface area contributed by atoms with Crippen LogP contribution in [0.15, 0.2) is 18.2 Å². The zero-order valence-electron chi connectivity index (χ0n) is 11.9. The largest absolute Gasteiger partial charge is 0.469 e. The molecule has 2 aromatic rings. The van der Waals surface area contributed by atoms with Gasteiger partial charge in [-0.1, -0.05) is 6.07 Å². The van der Waals surface area contributed by atoms with Gasteiger partial charge >= 0.3 is 5.97 Å². The SMILES string of the molecule is COC(=O)CCc1cc(C)nc2cc(C)cc(C)c12. The molecular formula is C16H19NO2. The summed E-state index contributed by atoms with van der Waals surface area (Å²) in [6, 6.07) is 6.31. The third-order valence-electron chi connectivity index (χ3n) is 3.29. The highest BCUT2D eigenvalue weighted by Gasteiger charge is 2.09. The molecule has 0 saturated carbocycles. The van der Waals surface area contributed by atoms with Crippen LogP contribution in [0.3, 0.4) is 0 Å². The second-order valence-electron chi connectivity index (χ2n) is 4.97. The molecule has 100 valence electrons. The van der Waals surface area contributed by atoms with Crippen molar-refractivity contribution in [3.63, 3.8) is 0 Å². The van der Waals surface area contributed by atoms with Gasteiger partial charge in [-0.15, -0.1) is 0 Å². The Morgan fingerprint density at radius 2 is 1.95 bits per heavy atom. The van der Waals surface area contributed by atoms with E-state index in [9.17, 15) is 4.79 Å². The third kappa shape index (κ3) is 2.92. The number of fused-ring (bicyclic) bond motifs is 1. The molecule has 0 spiro atoms. The predicted octanol–water partition coefficient (Wildman–Crippen LogP) is 3.27. The number of carbonyl (C=O) groups excluding carboxylic acids is 1. The fourth-order valence-electron chi connectivity index (χ4n) is 2.53. The van der Waals surface area contributed by atoms with Gasteiger partial charge in [0.25, 0.3) is 0 Å². The van der Waals surface area contributed by atoms with Gasteiger partial charge in [-0.25, -0.2) is 0 Å². The van der Waals surface area contributed by atoms with Gasteiger partial charge in [0.1, 0.15) is 0 Å². The molecular weight excluding hydrogens is 238 g/mol. The molecule has 3 heteroatoms. The Hall–Kier alpha value is -1.90. The molecule has 0 radical (unpaired) electrons. The number of rotatable bonds is 3. The van der Waals surface area contributed by atoms with Gasteiger partial charge in [0.2, 0.25) is 0 Å². The van der Waals surface area contributed by atoms with Crippen molar-refractivity contribution in [2.45, 2.75) is 33.6 Å². The number of ether oxygens (including phenoxy) is 1. The Morgan fingerprint density at radius 1 is 1.21 bits per heavy atom. The minimum absolute atomic E-state index is 0.174. The number of esters is 1. The van der Waals surface area contributed by atoms with Crippen molar-refractivity contribution in [3.05, 3.63) is 40.6 Å². The van der Waals surface area contributed by atoms with Crippen molar-refractivity contribution in [2.75, 3.05) is 7.11 Å². The molecule has 0 saturated heterocycles. The maximum absolute atomic E-state index is 11.3. The van der Waals surface area contributed by atoms with Crippen LogP contribution in [0.5, 0.6) is 0 Å². The quantitative estimate of drug-likeness (QED) is 0.792. The summed E-state index contributed by atoms with van der Waals surface area (Å²) >= 11 is 0. The first-order chi connectivity index (χ1) is 9.01. The normalized spacial score (nSPS) is 10.7. The lowest BCUT2D eigenvalue weighted by Crippen LogP contribution is -2.03. The lowest BCUT2D eigenvalue weighted by Gasteiger charge is -2.11. The number of methoxy groups -OCH3 is 1. The van der Waals surface area contributed by atoms with Crippen LogP contribution in [0.4, 0.5) is 0 Å². The standard InChI is InChI=1S/C16H19NO2/c1-10-7-11(2)16-13(5-6-15(18)19-4)9-12(3)17-14(16)8-10/h7-9H,5-6H2,1-4H3. The summed E-state index contributed by atoms with van der Waals surface area (Å²) in [6.07, 6.45) is 1.10. The summed E-state index contributed by atoms with van der Waals surface area (Å²) in [5.74, 6) is -0.174. The summed E-state index contributed by atoms with van der Waals surface area (Å²) in [4.78, 5) is 15.9. The number of carbonyl (C=O) groups is 1. The molecule has 0 atom stereocenters. The number of hydrogen-bond donors (Lipinski definition) is 0. The summed E-state index contributed by atoms with van der Waals surface area (Å²) in [6.45, 7) is 6.15. The fourth-order valence-corrected chi connectivity index (χ4v) is 2.53. The van der Waals surface area contributed by atoms with Crippen molar-refractivity contribution in [3.8, 4) is 0 Å². The molecule has 0 aliphatic heterocycles. The molecule has 1 aromatic heterocycles. The van der Waals surface area contributed by atoms with Gasteiger partial charge < -0.3 is 4.74 Å². The Balaban J connectivity index is 2.50. The number of nitrogens with zero attached hydrogens (tertiary/aromatic N) is 1. The summed E-state index contributed by atoms with van der Waals surface area (Å²) < 4.78 is 4.71. The van der Waals surface area contributed by atoms with E-state index in [0.29, 0.717) is 12.8 Å². The van der Waals surface area contributed by atoms with Crippen LogP contribution in [0.1, 0.15) is 28.8 Å². The first kappa shape index (κ1) is 13.5. The highest BCUT2D eigenvalue weighted by Crippen LogP contribution is 2.25. The van der Waals surface area contributed by atoms with E-state index in [0.717, 1.165) is 11.2 Å². The second-order valence-corrected chi connectivity index (χ2v) is 4.97. The Kier molecular flexibility index (Phi) is 3.84. The van der Waals surface area contributed by atoms with Crippen LogP contribution in [-0.4, -0.2) is 18.1 Å². The molecule has 0 amide bonds. The van der Waals surface area contributed by atoms with E-state index in [4.69, 9.17) is 4.74 Å². The number of aryl methyl sites for hydroxylation is 4. The highest BCUT2D eigenvalue weighted by atomic mass is 16.5. The minimum Gasteiger partial charge on any atom is -0.469 e. The molecule has 0 N–H and O–H groups in total. The van der Waals surface area contributed by atoms with Crippen LogP contribution >= 0.6 is 0 Å². The van der Waals surface area contributed by atoms with Gasteiger partial charge in [0, 0.05) is 17.5 Å². The number of benzene rings is 1. The van der Waals surface area contributed by atoms with Gasteiger partial charge in [-0.05, 0) is 56.0 Å². The Bertz CT molecular complexity index is 627. The zero-order chi connectivity index (χ0) is 14.0. The fraction of sp³-hybridized carbons (Fsp3) is 0.375.